The third kappa shape index (κ3) is 7.13. The number of nitrogens with zero attached hydrogens (tertiary/aromatic N) is 1. The standard InChI is InChI=1S/C18H27NO5S/c20-18(21)10-9-16-8-4-11-19(14-16)25(22,23)13-5-12-24-15-17-6-2-1-3-7-17/h1-3,6-7,16H,4-5,8-15H2,(H,20,21). The molecule has 1 aromatic carbocycles. The van der Waals surface area contributed by atoms with Gasteiger partial charge in [-0.15, -0.1) is 0 Å². The lowest BCUT2D eigenvalue weighted by atomic mass is 9.95. The molecule has 2 rings (SSSR count). The first-order chi connectivity index (χ1) is 12.0. The van der Waals surface area contributed by atoms with Crippen molar-refractivity contribution in [3.63, 3.8) is 0 Å². The average Bonchev–Trinajstić information content (AvgIpc) is 2.61. The first-order valence-electron chi connectivity index (χ1n) is 8.78. The molecular formula is C18H27NO5S. The molecule has 7 heteroatoms. The van der Waals surface area contributed by atoms with Crippen LogP contribution in [-0.2, 0) is 26.2 Å². The number of piperidine rings is 1. The zero-order valence-electron chi connectivity index (χ0n) is 14.5. The van der Waals surface area contributed by atoms with Crippen LogP contribution < -0.4 is 0 Å². The van der Waals surface area contributed by atoms with Gasteiger partial charge in [0.15, 0.2) is 0 Å². The van der Waals surface area contributed by atoms with Crippen LogP contribution in [0.15, 0.2) is 30.3 Å². The number of ether oxygens (including phenoxy) is 1. The number of carboxylic acid groups (broad SMARTS) is 1. The van der Waals surface area contributed by atoms with E-state index in [1.54, 1.807) is 0 Å². The number of rotatable bonds is 10. The van der Waals surface area contributed by atoms with Gasteiger partial charge in [-0.05, 0) is 37.2 Å². The molecule has 6 nitrogen and oxygen atoms in total. The fraction of sp³-hybridized carbons (Fsp3) is 0.611. The van der Waals surface area contributed by atoms with E-state index in [4.69, 9.17) is 9.84 Å². The zero-order valence-corrected chi connectivity index (χ0v) is 15.3. The second-order valence-electron chi connectivity index (χ2n) is 6.51. The summed E-state index contributed by atoms with van der Waals surface area (Å²) in [6, 6.07) is 9.78. The van der Waals surface area contributed by atoms with Crippen molar-refractivity contribution in [1.29, 1.82) is 0 Å². The highest BCUT2D eigenvalue weighted by atomic mass is 32.2. The fourth-order valence-corrected chi connectivity index (χ4v) is 4.67. The lowest BCUT2D eigenvalue weighted by Gasteiger charge is -2.31. The average molecular weight is 369 g/mol. The van der Waals surface area contributed by atoms with Crippen LogP contribution in [-0.4, -0.2) is 49.2 Å². The largest absolute Gasteiger partial charge is 0.481 e. The van der Waals surface area contributed by atoms with E-state index in [1.165, 1.54) is 4.31 Å². The Morgan fingerprint density at radius 3 is 2.76 bits per heavy atom. The van der Waals surface area contributed by atoms with Crippen LogP contribution in [0.3, 0.4) is 0 Å². The van der Waals surface area contributed by atoms with Crippen LogP contribution in [0.5, 0.6) is 0 Å². The summed E-state index contributed by atoms with van der Waals surface area (Å²) in [7, 11) is -3.29. The van der Waals surface area contributed by atoms with Gasteiger partial charge in [0.2, 0.25) is 10.0 Å². The van der Waals surface area contributed by atoms with Crippen molar-refractivity contribution in [2.45, 2.75) is 38.7 Å². The maximum atomic E-state index is 12.5. The Balaban J connectivity index is 1.70. The number of hydrogen-bond acceptors (Lipinski definition) is 4. The van der Waals surface area contributed by atoms with Crippen LogP contribution >= 0.6 is 0 Å². The second-order valence-corrected chi connectivity index (χ2v) is 8.59. The number of carbonyl (C=O) groups is 1. The quantitative estimate of drug-likeness (QED) is 0.641. The van der Waals surface area contributed by atoms with Crippen LogP contribution in [0, 0.1) is 5.92 Å². The van der Waals surface area contributed by atoms with Crippen molar-refractivity contribution >= 4 is 16.0 Å². The molecule has 1 saturated heterocycles. The van der Waals surface area contributed by atoms with Crippen LogP contribution in [0.25, 0.3) is 0 Å². The molecule has 1 atom stereocenters. The Kier molecular flexibility index (Phi) is 7.87. The summed E-state index contributed by atoms with van der Waals surface area (Å²) in [5.74, 6) is -0.600. The Morgan fingerprint density at radius 2 is 2.04 bits per heavy atom. The van der Waals surface area contributed by atoms with Gasteiger partial charge in [0, 0.05) is 26.1 Å². The molecule has 0 bridgehead atoms. The van der Waals surface area contributed by atoms with Gasteiger partial charge in [0.05, 0.1) is 12.4 Å². The first kappa shape index (κ1) is 19.9. The molecule has 0 spiro atoms. The second kappa shape index (κ2) is 9.89. The SMILES string of the molecule is O=C(O)CCC1CCCN(S(=O)(=O)CCCOCc2ccccc2)C1. The molecular weight excluding hydrogens is 342 g/mol. The third-order valence-electron chi connectivity index (χ3n) is 4.44. The molecule has 0 saturated carbocycles. The van der Waals surface area contributed by atoms with Crippen molar-refractivity contribution in [1.82, 2.24) is 4.31 Å². The number of carboxylic acids is 1. The maximum absolute atomic E-state index is 12.5. The van der Waals surface area contributed by atoms with Crippen molar-refractivity contribution in [2.75, 3.05) is 25.4 Å². The van der Waals surface area contributed by atoms with E-state index in [0.29, 0.717) is 39.1 Å². The Bertz CT molecular complexity index is 632. The van der Waals surface area contributed by atoms with Gasteiger partial charge in [0.25, 0.3) is 0 Å². The first-order valence-corrected chi connectivity index (χ1v) is 10.4. The topological polar surface area (TPSA) is 83.9 Å². The number of benzene rings is 1. The molecule has 1 heterocycles. The summed E-state index contributed by atoms with van der Waals surface area (Å²) in [4.78, 5) is 10.7. The molecule has 0 amide bonds. The molecule has 0 radical (unpaired) electrons. The van der Waals surface area contributed by atoms with Crippen LogP contribution in [0.1, 0.15) is 37.7 Å². The summed E-state index contributed by atoms with van der Waals surface area (Å²) in [5.41, 5.74) is 1.07. The van der Waals surface area contributed by atoms with E-state index in [-0.39, 0.29) is 18.1 Å². The Morgan fingerprint density at radius 1 is 1.28 bits per heavy atom. The number of sulfonamides is 1. The normalized spacial score (nSPS) is 19.0. The van der Waals surface area contributed by atoms with Gasteiger partial charge in [-0.1, -0.05) is 30.3 Å². The minimum absolute atomic E-state index is 0.0768. The highest BCUT2D eigenvalue weighted by Gasteiger charge is 2.28. The monoisotopic (exact) mass is 369 g/mol. The van der Waals surface area contributed by atoms with E-state index in [2.05, 4.69) is 0 Å². The van der Waals surface area contributed by atoms with E-state index in [1.807, 2.05) is 30.3 Å². The lowest BCUT2D eigenvalue weighted by Crippen LogP contribution is -2.41. The predicted molar refractivity (Wildman–Crippen MR) is 95.7 cm³/mol. The minimum atomic E-state index is -3.29. The molecule has 1 fully saturated rings. The van der Waals surface area contributed by atoms with Gasteiger partial charge in [-0.25, -0.2) is 12.7 Å². The summed E-state index contributed by atoms with van der Waals surface area (Å²) < 4.78 is 32.0. The van der Waals surface area contributed by atoms with Gasteiger partial charge >= 0.3 is 5.97 Å². The minimum Gasteiger partial charge on any atom is -0.481 e. The van der Waals surface area contributed by atoms with Crippen molar-refractivity contribution in [3.05, 3.63) is 35.9 Å². The highest BCUT2D eigenvalue weighted by molar-refractivity contribution is 7.89. The van der Waals surface area contributed by atoms with Crippen molar-refractivity contribution in [3.8, 4) is 0 Å². The van der Waals surface area contributed by atoms with Gasteiger partial charge in [-0.2, -0.15) is 0 Å². The number of aliphatic carboxylic acids is 1. The Labute approximate surface area is 149 Å². The summed E-state index contributed by atoms with van der Waals surface area (Å²) in [6.07, 6.45) is 2.81. The van der Waals surface area contributed by atoms with Gasteiger partial charge < -0.3 is 9.84 Å². The lowest BCUT2D eigenvalue weighted by molar-refractivity contribution is -0.137. The van der Waals surface area contributed by atoms with E-state index >= 15 is 0 Å². The smallest absolute Gasteiger partial charge is 0.303 e. The Hall–Kier alpha value is -1.44. The predicted octanol–water partition coefficient (Wildman–Crippen LogP) is 2.50. The maximum Gasteiger partial charge on any atom is 0.303 e. The molecule has 1 unspecified atom stereocenters. The number of hydrogen-bond donors (Lipinski definition) is 1. The molecule has 140 valence electrons. The fourth-order valence-electron chi connectivity index (χ4n) is 3.08. The van der Waals surface area contributed by atoms with E-state index in [9.17, 15) is 13.2 Å². The zero-order chi connectivity index (χ0) is 18.1. The van der Waals surface area contributed by atoms with E-state index in [0.717, 1.165) is 18.4 Å². The van der Waals surface area contributed by atoms with Gasteiger partial charge in [0.1, 0.15) is 0 Å². The molecule has 1 aliphatic heterocycles. The summed E-state index contributed by atoms with van der Waals surface area (Å²) in [5, 5.41) is 8.77. The third-order valence-corrected chi connectivity index (χ3v) is 6.37. The van der Waals surface area contributed by atoms with Crippen molar-refractivity contribution < 1.29 is 23.1 Å². The molecule has 1 aliphatic rings. The highest BCUT2D eigenvalue weighted by Crippen LogP contribution is 2.23. The summed E-state index contributed by atoms with van der Waals surface area (Å²) >= 11 is 0. The molecule has 1 N–H and O–H groups in total. The summed E-state index contributed by atoms with van der Waals surface area (Å²) in [6.45, 7) is 1.88. The van der Waals surface area contributed by atoms with E-state index < -0.39 is 16.0 Å². The molecule has 0 aromatic heterocycles. The molecule has 0 aliphatic carbocycles. The molecule has 1 aromatic rings. The van der Waals surface area contributed by atoms with Crippen LogP contribution in [0.4, 0.5) is 0 Å². The van der Waals surface area contributed by atoms with Crippen LogP contribution in [0.2, 0.25) is 0 Å². The van der Waals surface area contributed by atoms with Crippen molar-refractivity contribution in [2.24, 2.45) is 5.92 Å². The van der Waals surface area contributed by atoms with Gasteiger partial charge in [-0.3, -0.25) is 4.79 Å². The molecule has 25 heavy (non-hydrogen) atoms.